The fourth-order valence-corrected chi connectivity index (χ4v) is 4.09. The molecule has 2 amide bonds. The molecule has 3 N–H and O–H groups in total. The van der Waals surface area contributed by atoms with Crippen LogP contribution in [0.2, 0.25) is 5.02 Å². The number of nitrogens with zero attached hydrogens (tertiary/aromatic N) is 2. The number of anilines is 1. The van der Waals surface area contributed by atoms with Gasteiger partial charge < -0.3 is 20.6 Å². The highest BCUT2D eigenvalue weighted by atomic mass is 35.5. The van der Waals surface area contributed by atoms with E-state index in [1.807, 2.05) is 18.7 Å². The Labute approximate surface area is 188 Å². The summed E-state index contributed by atoms with van der Waals surface area (Å²) < 4.78 is 42.2. The molecule has 0 saturated carbocycles. The highest BCUT2D eigenvalue weighted by Gasteiger charge is 2.55. The van der Waals surface area contributed by atoms with Gasteiger partial charge in [-0.05, 0) is 42.9 Å². The Hall–Kier alpha value is -2.62. The average molecular weight is 470 g/mol. The minimum Gasteiger partial charge on any atom is -0.372 e. The Morgan fingerprint density at radius 2 is 1.78 bits per heavy atom. The highest BCUT2D eigenvalue weighted by molar-refractivity contribution is 6.30. The molecule has 1 heterocycles. The van der Waals surface area contributed by atoms with Crippen molar-refractivity contribution in [3.63, 3.8) is 0 Å². The van der Waals surface area contributed by atoms with E-state index in [4.69, 9.17) is 17.3 Å². The molecule has 0 fully saturated rings. The standard InChI is InChI=1S/C22H23ClF3N3O3/c1-3-28(4-2)9-10-29-17-12-13(19(27)30)11-16(22(24,25)26)18(17)21(32,20(29)31)14-5-7-15(23)8-6-14/h5-8,11-12,32H,3-4,9-10H2,1-2H3,(H2,27,30). The van der Waals surface area contributed by atoms with Gasteiger partial charge in [-0.2, -0.15) is 13.2 Å². The van der Waals surface area contributed by atoms with Crippen molar-refractivity contribution in [3.8, 4) is 0 Å². The molecule has 1 aliphatic heterocycles. The van der Waals surface area contributed by atoms with E-state index in [2.05, 4.69) is 0 Å². The number of alkyl halides is 3. The van der Waals surface area contributed by atoms with Crippen molar-refractivity contribution in [1.29, 1.82) is 0 Å². The minimum atomic E-state index is -4.95. The first-order valence-electron chi connectivity index (χ1n) is 10.0. The molecule has 6 nitrogen and oxygen atoms in total. The van der Waals surface area contributed by atoms with Crippen molar-refractivity contribution in [2.24, 2.45) is 5.73 Å². The van der Waals surface area contributed by atoms with Crippen LogP contribution in [0.3, 0.4) is 0 Å². The average Bonchev–Trinajstić information content (AvgIpc) is 2.96. The van der Waals surface area contributed by atoms with Crippen LogP contribution in [0, 0.1) is 0 Å². The fraction of sp³-hybridized carbons (Fsp3) is 0.364. The number of rotatable bonds is 7. The molecule has 1 unspecified atom stereocenters. The molecular weight excluding hydrogens is 447 g/mol. The molecule has 172 valence electrons. The largest absolute Gasteiger partial charge is 0.416 e. The summed E-state index contributed by atoms with van der Waals surface area (Å²) in [6.07, 6.45) is -4.95. The van der Waals surface area contributed by atoms with Crippen LogP contribution in [0.5, 0.6) is 0 Å². The van der Waals surface area contributed by atoms with E-state index in [0.717, 1.165) is 11.0 Å². The second kappa shape index (κ2) is 8.73. The summed E-state index contributed by atoms with van der Waals surface area (Å²) in [5, 5.41) is 11.8. The summed E-state index contributed by atoms with van der Waals surface area (Å²) >= 11 is 5.89. The van der Waals surface area contributed by atoms with Crippen molar-refractivity contribution >= 4 is 29.1 Å². The van der Waals surface area contributed by atoms with Crippen molar-refractivity contribution in [2.75, 3.05) is 31.1 Å². The number of likely N-dealkylation sites (N-methyl/N-ethyl adjacent to an activating group) is 1. The van der Waals surface area contributed by atoms with E-state index in [1.54, 1.807) is 0 Å². The maximum atomic E-state index is 14.1. The van der Waals surface area contributed by atoms with Gasteiger partial charge in [-0.25, -0.2) is 0 Å². The van der Waals surface area contributed by atoms with Crippen LogP contribution >= 0.6 is 11.6 Å². The van der Waals surface area contributed by atoms with Crippen molar-refractivity contribution in [1.82, 2.24) is 4.90 Å². The van der Waals surface area contributed by atoms with Crippen LogP contribution < -0.4 is 10.6 Å². The zero-order chi connectivity index (χ0) is 23.8. The number of halogens is 4. The number of carbonyl (C=O) groups excluding carboxylic acids is 2. The molecule has 0 radical (unpaired) electrons. The zero-order valence-corrected chi connectivity index (χ0v) is 18.3. The number of benzene rings is 2. The molecule has 3 rings (SSSR count). The minimum absolute atomic E-state index is 0.0168. The molecule has 0 spiro atoms. The Bertz CT molecular complexity index is 1040. The number of nitrogens with two attached hydrogens (primary N) is 1. The smallest absolute Gasteiger partial charge is 0.372 e. The number of hydrogen-bond donors (Lipinski definition) is 2. The zero-order valence-electron chi connectivity index (χ0n) is 17.5. The summed E-state index contributed by atoms with van der Waals surface area (Å²) in [5.41, 5.74) is 0.0873. The SMILES string of the molecule is CCN(CC)CCN1C(=O)C(O)(c2ccc(Cl)cc2)c2c1cc(C(N)=O)cc2C(F)(F)F. The predicted octanol–water partition coefficient (Wildman–Crippen LogP) is 3.38. The summed E-state index contributed by atoms with van der Waals surface area (Å²) in [7, 11) is 0. The number of fused-ring (bicyclic) bond motifs is 1. The van der Waals surface area contributed by atoms with Gasteiger partial charge in [-0.3, -0.25) is 9.59 Å². The number of amides is 2. The van der Waals surface area contributed by atoms with Gasteiger partial charge in [0.15, 0.2) is 5.60 Å². The van der Waals surface area contributed by atoms with Crippen LogP contribution in [0.15, 0.2) is 36.4 Å². The lowest BCUT2D eigenvalue weighted by Crippen LogP contribution is -2.44. The van der Waals surface area contributed by atoms with Gasteiger partial charge >= 0.3 is 6.18 Å². The topological polar surface area (TPSA) is 86.9 Å². The Morgan fingerprint density at radius 1 is 1.19 bits per heavy atom. The first kappa shape index (κ1) is 24.0. The molecule has 0 bridgehead atoms. The molecule has 0 aromatic heterocycles. The van der Waals surface area contributed by atoms with Crippen LogP contribution in [-0.2, 0) is 16.6 Å². The van der Waals surface area contributed by atoms with Gasteiger partial charge in [-0.15, -0.1) is 0 Å². The Kier molecular flexibility index (Phi) is 6.55. The second-order valence-electron chi connectivity index (χ2n) is 7.48. The van der Waals surface area contributed by atoms with E-state index in [1.165, 1.54) is 24.3 Å². The fourth-order valence-electron chi connectivity index (χ4n) is 3.96. The van der Waals surface area contributed by atoms with Gasteiger partial charge in [0.1, 0.15) is 0 Å². The molecule has 1 aliphatic rings. The summed E-state index contributed by atoms with van der Waals surface area (Å²) in [6.45, 7) is 5.55. The van der Waals surface area contributed by atoms with Gasteiger partial charge in [0.2, 0.25) is 5.91 Å². The molecule has 2 aromatic rings. The Balaban J connectivity index is 2.28. The van der Waals surface area contributed by atoms with Crippen LogP contribution in [0.1, 0.15) is 40.9 Å². The summed E-state index contributed by atoms with van der Waals surface area (Å²) in [6, 6.07) is 7.07. The maximum absolute atomic E-state index is 14.1. The number of carbonyl (C=O) groups is 2. The maximum Gasteiger partial charge on any atom is 0.416 e. The van der Waals surface area contributed by atoms with Crippen molar-refractivity contribution in [2.45, 2.75) is 25.6 Å². The van der Waals surface area contributed by atoms with Crippen molar-refractivity contribution < 1.29 is 27.9 Å². The molecule has 32 heavy (non-hydrogen) atoms. The van der Waals surface area contributed by atoms with Crippen LogP contribution in [0.25, 0.3) is 0 Å². The first-order valence-corrected chi connectivity index (χ1v) is 10.4. The molecule has 2 aromatic carbocycles. The van der Waals surface area contributed by atoms with Crippen molar-refractivity contribution in [3.05, 3.63) is 63.7 Å². The highest BCUT2D eigenvalue weighted by Crippen LogP contribution is 2.50. The summed E-state index contributed by atoms with van der Waals surface area (Å²) in [4.78, 5) is 28.3. The number of primary amides is 1. The first-order chi connectivity index (χ1) is 14.9. The quantitative estimate of drug-likeness (QED) is 0.651. The summed E-state index contributed by atoms with van der Waals surface area (Å²) in [5.74, 6) is -2.01. The lowest BCUT2D eigenvalue weighted by Gasteiger charge is -2.26. The third-order valence-electron chi connectivity index (χ3n) is 5.71. The van der Waals surface area contributed by atoms with E-state index in [0.29, 0.717) is 30.7 Å². The van der Waals surface area contributed by atoms with Gasteiger partial charge in [-0.1, -0.05) is 37.6 Å². The second-order valence-corrected chi connectivity index (χ2v) is 7.92. The van der Waals surface area contributed by atoms with Gasteiger partial charge in [0.25, 0.3) is 5.91 Å². The molecule has 10 heteroatoms. The molecule has 0 aliphatic carbocycles. The van der Waals surface area contributed by atoms with Crippen LogP contribution in [-0.4, -0.2) is 48.0 Å². The lowest BCUT2D eigenvalue weighted by atomic mass is 9.84. The van der Waals surface area contributed by atoms with E-state index >= 15 is 0 Å². The monoisotopic (exact) mass is 469 g/mol. The number of aliphatic hydroxyl groups is 1. The van der Waals surface area contributed by atoms with E-state index < -0.39 is 40.3 Å². The number of hydrogen-bond acceptors (Lipinski definition) is 4. The van der Waals surface area contributed by atoms with Gasteiger partial charge in [0, 0.05) is 29.2 Å². The third-order valence-corrected chi connectivity index (χ3v) is 5.96. The van der Waals surface area contributed by atoms with E-state index in [9.17, 15) is 27.9 Å². The Morgan fingerprint density at radius 3 is 2.28 bits per heavy atom. The normalized spacial score (nSPS) is 18.4. The molecule has 0 saturated heterocycles. The lowest BCUT2D eigenvalue weighted by molar-refractivity contribution is -0.142. The molecule has 1 atom stereocenters. The van der Waals surface area contributed by atoms with E-state index in [-0.39, 0.29) is 17.8 Å². The predicted molar refractivity (Wildman–Crippen MR) is 115 cm³/mol. The third kappa shape index (κ3) is 4.07. The van der Waals surface area contributed by atoms with Gasteiger partial charge in [0.05, 0.1) is 11.3 Å². The van der Waals surface area contributed by atoms with Crippen LogP contribution in [0.4, 0.5) is 18.9 Å². The molecular formula is C22H23ClF3N3O3.